The van der Waals surface area contributed by atoms with Crippen LogP contribution < -0.4 is 16.0 Å². The molecule has 1 aromatic rings. The molecule has 3 nitrogen and oxygen atoms in total. The quantitative estimate of drug-likeness (QED) is 0.473. The van der Waals surface area contributed by atoms with E-state index in [0.717, 1.165) is 33.7 Å². The molecule has 0 radical (unpaired) electrons. The molecule has 13 heavy (non-hydrogen) atoms. The molecular weight excluding hydrogens is 277 g/mol. The van der Waals surface area contributed by atoms with E-state index in [1.54, 1.807) is 0 Å². The number of halogens is 1. The van der Waals surface area contributed by atoms with E-state index in [9.17, 15) is 0 Å². The molecule has 0 unspecified atom stereocenters. The summed E-state index contributed by atoms with van der Waals surface area (Å²) in [6, 6.07) is 6.04. The van der Waals surface area contributed by atoms with Gasteiger partial charge in [0.25, 0.3) is 5.84 Å². The van der Waals surface area contributed by atoms with E-state index in [1.807, 2.05) is 12.1 Å². The monoisotopic (exact) mass is 288 g/mol. The molecule has 0 amide bonds. The van der Waals surface area contributed by atoms with Crippen LogP contribution in [-0.2, 0) is 0 Å². The minimum atomic E-state index is 0.810. The highest BCUT2D eigenvalue weighted by molar-refractivity contribution is 14.1. The molecule has 1 aliphatic heterocycles. The van der Waals surface area contributed by atoms with Crippen molar-refractivity contribution < 1.29 is 4.99 Å². The van der Waals surface area contributed by atoms with Gasteiger partial charge in [-0.2, -0.15) is 0 Å². The third-order valence-electron chi connectivity index (χ3n) is 1.94. The second kappa shape index (κ2) is 3.53. The van der Waals surface area contributed by atoms with Gasteiger partial charge in [-0.05, 0) is 40.8 Å². The Morgan fingerprint density at radius 2 is 2.23 bits per heavy atom. The molecule has 0 spiro atoms. The lowest BCUT2D eigenvalue weighted by Gasteiger charge is -1.99. The van der Waals surface area contributed by atoms with Crippen LogP contribution in [0, 0.1) is 3.57 Å². The van der Waals surface area contributed by atoms with E-state index in [1.165, 1.54) is 0 Å². The average molecular weight is 288 g/mol. The highest BCUT2D eigenvalue weighted by Gasteiger charge is 2.15. The Hall–Kier alpha value is -0.780. The maximum atomic E-state index is 5.75. The number of nitrogens with one attached hydrogen (secondary N) is 2. The number of nitrogen functional groups attached to an aromatic ring is 1. The van der Waals surface area contributed by atoms with E-state index in [0.29, 0.717) is 0 Å². The lowest BCUT2D eigenvalue weighted by atomic mass is 10.2. The van der Waals surface area contributed by atoms with Crippen molar-refractivity contribution in [3.8, 4) is 0 Å². The average Bonchev–Trinajstić information content (AvgIpc) is 2.53. The molecule has 68 valence electrons. The molecule has 0 aromatic heterocycles. The maximum Gasteiger partial charge on any atom is 0.275 e. The zero-order chi connectivity index (χ0) is 9.26. The van der Waals surface area contributed by atoms with Gasteiger partial charge in [0.05, 0.1) is 5.56 Å². The topological polar surface area (TPSA) is 52.0 Å². The van der Waals surface area contributed by atoms with Gasteiger partial charge in [-0.3, -0.25) is 10.3 Å². The highest BCUT2D eigenvalue weighted by Crippen LogP contribution is 2.13. The van der Waals surface area contributed by atoms with Crippen molar-refractivity contribution in [2.75, 3.05) is 18.8 Å². The number of nitrogens with two attached hydrogens (primary N) is 1. The molecule has 0 aliphatic carbocycles. The molecule has 0 saturated carbocycles. The van der Waals surface area contributed by atoms with E-state index in [-0.39, 0.29) is 0 Å². The maximum absolute atomic E-state index is 5.75. The normalized spacial score (nSPS) is 15.3. The number of rotatable bonds is 1. The lowest BCUT2D eigenvalue weighted by molar-refractivity contribution is -0.444. The van der Waals surface area contributed by atoms with Gasteiger partial charge in [0, 0.05) is 9.26 Å². The predicted molar refractivity (Wildman–Crippen MR) is 61.5 cm³/mol. The van der Waals surface area contributed by atoms with Gasteiger partial charge in [-0.15, -0.1) is 0 Å². The smallest absolute Gasteiger partial charge is 0.275 e. The van der Waals surface area contributed by atoms with Crippen molar-refractivity contribution in [1.82, 2.24) is 5.32 Å². The Kier molecular flexibility index (Phi) is 2.39. The molecule has 4 N–H and O–H groups in total. The van der Waals surface area contributed by atoms with Gasteiger partial charge < -0.3 is 5.73 Å². The first-order valence-electron chi connectivity index (χ1n) is 4.17. The summed E-state index contributed by atoms with van der Waals surface area (Å²) in [5, 5.41) is 3.27. The third kappa shape index (κ3) is 1.93. The Morgan fingerprint density at radius 3 is 2.85 bits per heavy atom. The Morgan fingerprint density at radius 1 is 1.38 bits per heavy atom. The van der Waals surface area contributed by atoms with Crippen LogP contribution in [0.2, 0.25) is 0 Å². The van der Waals surface area contributed by atoms with Crippen LogP contribution in [0.15, 0.2) is 18.2 Å². The minimum Gasteiger partial charge on any atom is -0.399 e. The molecular formula is C9H11IN3+. The van der Waals surface area contributed by atoms with Gasteiger partial charge in [0.15, 0.2) is 0 Å². The van der Waals surface area contributed by atoms with Gasteiger partial charge in [-0.25, -0.2) is 0 Å². The largest absolute Gasteiger partial charge is 0.399 e. The molecule has 4 heteroatoms. The fourth-order valence-corrected chi connectivity index (χ4v) is 2.09. The van der Waals surface area contributed by atoms with Crippen molar-refractivity contribution in [3.05, 3.63) is 27.3 Å². The molecule has 2 rings (SSSR count). The van der Waals surface area contributed by atoms with Gasteiger partial charge >= 0.3 is 0 Å². The van der Waals surface area contributed by atoms with Crippen molar-refractivity contribution in [2.45, 2.75) is 0 Å². The van der Waals surface area contributed by atoms with Crippen LogP contribution in [0.1, 0.15) is 5.56 Å². The lowest BCUT2D eigenvalue weighted by Crippen LogP contribution is -2.70. The van der Waals surface area contributed by atoms with Crippen LogP contribution >= 0.6 is 22.6 Å². The van der Waals surface area contributed by atoms with Gasteiger partial charge in [-0.1, -0.05) is 0 Å². The number of hydrogen-bond donors (Lipinski definition) is 3. The zero-order valence-corrected chi connectivity index (χ0v) is 9.26. The molecule has 0 atom stereocenters. The summed E-state index contributed by atoms with van der Waals surface area (Å²) in [5.41, 5.74) is 7.70. The highest BCUT2D eigenvalue weighted by atomic mass is 127. The SMILES string of the molecule is Nc1cc(I)cc(C2=[NH+]CCN2)c1. The van der Waals surface area contributed by atoms with E-state index >= 15 is 0 Å². The molecule has 0 fully saturated rings. The number of anilines is 1. The van der Waals surface area contributed by atoms with Crippen LogP contribution in [0.5, 0.6) is 0 Å². The van der Waals surface area contributed by atoms with E-state index in [2.05, 4.69) is 39.0 Å². The second-order valence-electron chi connectivity index (χ2n) is 3.00. The summed E-state index contributed by atoms with van der Waals surface area (Å²) < 4.78 is 1.16. The number of hydrogen-bond acceptors (Lipinski definition) is 2. The van der Waals surface area contributed by atoms with Crippen molar-refractivity contribution in [3.63, 3.8) is 0 Å². The Labute approximate surface area is 90.6 Å². The minimum absolute atomic E-state index is 0.810. The van der Waals surface area contributed by atoms with Gasteiger partial charge in [0.1, 0.15) is 13.1 Å². The molecule has 1 heterocycles. The van der Waals surface area contributed by atoms with Crippen molar-refractivity contribution in [2.24, 2.45) is 0 Å². The summed E-state index contributed by atoms with van der Waals surface area (Å²) in [5.74, 6) is 1.09. The number of benzene rings is 1. The Bertz CT molecular complexity index is 340. The summed E-state index contributed by atoms with van der Waals surface area (Å²) in [6.07, 6.45) is 0. The van der Waals surface area contributed by atoms with Crippen LogP contribution in [-0.4, -0.2) is 18.9 Å². The zero-order valence-electron chi connectivity index (χ0n) is 7.10. The summed E-state index contributed by atoms with van der Waals surface area (Å²) >= 11 is 2.27. The first-order valence-corrected chi connectivity index (χ1v) is 5.25. The summed E-state index contributed by atoms with van der Waals surface area (Å²) in [7, 11) is 0. The summed E-state index contributed by atoms with van der Waals surface area (Å²) in [6.45, 7) is 1.97. The molecule has 0 bridgehead atoms. The molecule has 1 aliphatic rings. The number of amidine groups is 1. The fraction of sp³-hybridized carbons (Fsp3) is 0.222. The van der Waals surface area contributed by atoms with Crippen LogP contribution in [0.3, 0.4) is 0 Å². The van der Waals surface area contributed by atoms with Crippen LogP contribution in [0.4, 0.5) is 5.69 Å². The Balaban J connectivity index is 2.39. The van der Waals surface area contributed by atoms with Crippen molar-refractivity contribution >= 4 is 34.1 Å². The summed E-state index contributed by atoms with van der Waals surface area (Å²) in [4.78, 5) is 3.27. The first-order chi connectivity index (χ1) is 6.25. The third-order valence-corrected chi connectivity index (χ3v) is 2.56. The van der Waals surface area contributed by atoms with Crippen LogP contribution in [0.25, 0.3) is 0 Å². The first kappa shape index (κ1) is 8.80. The van der Waals surface area contributed by atoms with E-state index < -0.39 is 0 Å². The molecule has 0 saturated heterocycles. The predicted octanol–water partition coefficient (Wildman–Crippen LogP) is -0.696. The fourth-order valence-electron chi connectivity index (χ4n) is 1.40. The second-order valence-corrected chi connectivity index (χ2v) is 4.25. The van der Waals surface area contributed by atoms with Crippen molar-refractivity contribution in [1.29, 1.82) is 0 Å². The standard InChI is InChI=1S/C9H10IN3/c10-7-3-6(4-8(11)5-7)9-12-1-2-13-9/h3-5H,1-2,11H2,(H,12,13)/p+1. The molecule has 1 aromatic carbocycles. The van der Waals surface area contributed by atoms with E-state index in [4.69, 9.17) is 5.73 Å². The van der Waals surface area contributed by atoms with Gasteiger partial charge in [0.2, 0.25) is 0 Å².